The molecule has 4 rings (SSSR count). The van der Waals surface area contributed by atoms with Crippen LogP contribution in [0.4, 0.5) is 0 Å². The van der Waals surface area contributed by atoms with Crippen molar-refractivity contribution < 1.29 is 14.3 Å². The molecular formula is C27H36N2O3. The smallest absolute Gasteiger partial charge is 0.249 e. The van der Waals surface area contributed by atoms with E-state index in [9.17, 15) is 4.79 Å². The number of hydrogen-bond donors (Lipinski definition) is 1. The van der Waals surface area contributed by atoms with Crippen LogP contribution in [-0.4, -0.2) is 43.7 Å². The van der Waals surface area contributed by atoms with Gasteiger partial charge in [0.15, 0.2) is 0 Å². The van der Waals surface area contributed by atoms with E-state index in [0.29, 0.717) is 30.8 Å². The number of benzene rings is 1. The third-order valence-electron chi connectivity index (χ3n) is 7.07. The molecule has 2 heterocycles. The van der Waals surface area contributed by atoms with Gasteiger partial charge in [0.05, 0.1) is 12.2 Å². The summed E-state index contributed by atoms with van der Waals surface area (Å²) >= 11 is 0. The molecule has 3 aliphatic rings. The molecule has 0 radical (unpaired) electrons. The molecule has 0 unspecified atom stereocenters. The second-order valence-electron chi connectivity index (χ2n) is 9.94. The number of primary amides is 1. The fourth-order valence-electron chi connectivity index (χ4n) is 4.88. The zero-order chi connectivity index (χ0) is 22.6. The maximum absolute atomic E-state index is 12.2. The van der Waals surface area contributed by atoms with E-state index in [1.54, 1.807) is 0 Å². The van der Waals surface area contributed by atoms with E-state index >= 15 is 0 Å². The Morgan fingerprint density at radius 1 is 1.19 bits per heavy atom. The number of carbonyl (C=O) groups excluding carboxylic acids is 1. The van der Waals surface area contributed by atoms with Gasteiger partial charge in [-0.15, -0.1) is 0 Å². The first kappa shape index (κ1) is 22.8. The molecule has 1 amide bonds. The SMILES string of the molecule is CC1(C)CC=C(c2cc(C3(OCCN4C=CC=CC4)CCOCC3)ccc2C(N)=O)CC1. The molecule has 172 valence electrons. The summed E-state index contributed by atoms with van der Waals surface area (Å²) in [5.41, 5.74) is 9.61. The summed E-state index contributed by atoms with van der Waals surface area (Å²) in [7, 11) is 0. The Morgan fingerprint density at radius 3 is 2.66 bits per heavy atom. The number of hydrogen-bond acceptors (Lipinski definition) is 4. The second kappa shape index (κ2) is 9.63. The summed E-state index contributed by atoms with van der Waals surface area (Å²) < 4.78 is 12.3. The first-order chi connectivity index (χ1) is 15.4. The minimum Gasteiger partial charge on any atom is -0.381 e. The minimum absolute atomic E-state index is 0.303. The summed E-state index contributed by atoms with van der Waals surface area (Å²) in [6.07, 6.45) is 15.4. The second-order valence-corrected chi connectivity index (χ2v) is 9.94. The van der Waals surface area contributed by atoms with Crippen molar-refractivity contribution in [2.24, 2.45) is 11.1 Å². The molecule has 1 aliphatic carbocycles. The number of rotatable bonds is 7. The van der Waals surface area contributed by atoms with Crippen LogP contribution in [0, 0.1) is 5.41 Å². The monoisotopic (exact) mass is 436 g/mol. The van der Waals surface area contributed by atoms with E-state index < -0.39 is 5.60 Å². The number of allylic oxidation sites excluding steroid dienone is 4. The summed E-state index contributed by atoms with van der Waals surface area (Å²) in [4.78, 5) is 14.5. The highest BCUT2D eigenvalue weighted by atomic mass is 16.5. The van der Waals surface area contributed by atoms with Crippen LogP contribution in [0.1, 0.15) is 67.4 Å². The van der Waals surface area contributed by atoms with Crippen molar-refractivity contribution in [1.29, 1.82) is 0 Å². The van der Waals surface area contributed by atoms with Gasteiger partial charge in [0, 0.05) is 44.7 Å². The van der Waals surface area contributed by atoms with Crippen LogP contribution in [0.25, 0.3) is 5.57 Å². The van der Waals surface area contributed by atoms with Crippen LogP contribution in [0.5, 0.6) is 0 Å². The molecule has 0 atom stereocenters. The van der Waals surface area contributed by atoms with Gasteiger partial charge >= 0.3 is 0 Å². The van der Waals surface area contributed by atoms with Crippen LogP contribution in [0.2, 0.25) is 0 Å². The molecular weight excluding hydrogens is 400 g/mol. The number of ether oxygens (including phenoxy) is 2. The van der Waals surface area contributed by atoms with E-state index in [2.05, 4.69) is 55.3 Å². The lowest BCUT2D eigenvalue weighted by Crippen LogP contribution is -2.39. The Balaban J connectivity index is 1.61. The van der Waals surface area contributed by atoms with E-state index in [4.69, 9.17) is 15.2 Å². The van der Waals surface area contributed by atoms with Crippen LogP contribution in [-0.2, 0) is 15.1 Å². The normalized spacial score (nSPS) is 21.9. The molecule has 2 N–H and O–H groups in total. The summed E-state index contributed by atoms with van der Waals surface area (Å²) in [6, 6.07) is 6.09. The molecule has 0 aromatic heterocycles. The third-order valence-corrected chi connectivity index (χ3v) is 7.07. The van der Waals surface area contributed by atoms with Gasteiger partial charge in [0.1, 0.15) is 0 Å². The predicted octanol–water partition coefficient (Wildman–Crippen LogP) is 4.79. The Morgan fingerprint density at radius 2 is 2.00 bits per heavy atom. The van der Waals surface area contributed by atoms with Gasteiger partial charge < -0.3 is 20.1 Å². The van der Waals surface area contributed by atoms with Crippen molar-refractivity contribution >= 4 is 11.5 Å². The first-order valence-corrected chi connectivity index (χ1v) is 11.8. The van der Waals surface area contributed by atoms with Gasteiger partial charge in [-0.1, -0.05) is 38.1 Å². The van der Waals surface area contributed by atoms with E-state index in [-0.39, 0.29) is 5.91 Å². The van der Waals surface area contributed by atoms with Crippen LogP contribution in [0.3, 0.4) is 0 Å². The van der Waals surface area contributed by atoms with Gasteiger partial charge in [-0.2, -0.15) is 0 Å². The van der Waals surface area contributed by atoms with Crippen LogP contribution in [0.15, 0.2) is 48.7 Å². The largest absolute Gasteiger partial charge is 0.381 e. The lowest BCUT2D eigenvalue weighted by atomic mass is 9.75. The maximum Gasteiger partial charge on any atom is 0.249 e. The number of carbonyl (C=O) groups is 1. The molecule has 1 aromatic rings. The zero-order valence-electron chi connectivity index (χ0n) is 19.4. The first-order valence-electron chi connectivity index (χ1n) is 11.8. The Hall–Kier alpha value is -2.37. The van der Waals surface area contributed by atoms with Crippen molar-refractivity contribution in [1.82, 2.24) is 4.90 Å². The van der Waals surface area contributed by atoms with Gasteiger partial charge in [-0.25, -0.2) is 0 Å². The summed E-state index contributed by atoms with van der Waals surface area (Å²) in [5.74, 6) is -0.371. The highest BCUT2D eigenvalue weighted by Crippen LogP contribution is 2.42. The topological polar surface area (TPSA) is 64.8 Å². The summed E-state index contributed by atoms with van der Waals surface area (Å²) in [5, 5.41) is 0. The molecule has 0 saturated carbocycles. The number of nitrogens with zero attached hydrogens (tertiary/aromatic N) is 1. The third kappa shape index (κ3) is 5.16. The minimum atomic E-state index is -0.396. The molecule has 5 nitrogen and oxygen atoms in total. The molecule has 2 aliphatic heterocycles. The summed E-state index contributed by atoms with van der Waals surface area (Å²) in [6.45, 7) is 8.34. The Bertz CT molecular complexity index is 923. The van der Waals surface area contributed by atoms with Crippen molar-refractivity contribution in [2.45, 2.75) is 51.6 Å². The van der Waals surface area contributed by atoms with Gasteiger partial charge in [-0.05, 0) is 65.8 Å². The predicted molar refractivity (Wildman–Crippen MR) is 128 cm³/mol. The number of nitrogens with two attached hydrogens (primary N) is 1. The van der Waals surface area contributed by atoms with E-state index in [0.717, 1.165) is 56.3 Å². The molecule has 1 fully saturated rings. The Kier molecular flexibility index (Phi) is 6.87. The Labute approximate surface area is 191 Å². The zero-order valence-corrected chi connectivity index (χ0v) is 19.4. The lowest BCUT2D eigenvalue weighted by Gasteiger charge is -2.39. The average Bonchev–Trinajstić information content (AvgIpc) is 2.80. The van der Waals surface area contributed by atoms with E-state index in [1.807, 2.05) is 12.1 Å². The average molecular weight is 437 g/mol. The fraction of sp³-hybridized carbons (Fsp3) is 0.519. The van der Waals surface area contributed by atoms with Crippen molar-refractivity contribution in [3.05, 3.63) is 65.4 Å². The molecule has 1 aromatic carbocycles. The molecule has 32 heavy (non-hydrogen) atoms. The maximum atomic E-state index is 12.2. The van der Waals surface area contributed by atoms with Crippen LogP contribution < -0.4 is 5.73 Å². The molecule has 5 heteroatoms. The number of amides is 1. The van der Waals surface area contributed by atoms with Crippen molar-refractivity contribution in [3.8, 4) is 0 Å². The van der Waals surface area contributed by atoms with E-state index in [1.165, 1.54) is 5.57 Å². The standard InChI is InChI=1S/C27H36N2O3/c1-26(2)10-8-21(9-11-26)24-20-22(6-7-23(24)25(28)30)27(12-17-31-18-13-27)32-19-16-29-14-4-3-5-15-29/h3-8,14,20H,9-13,15-19H2,1-2H3,(H2,28,30). The van der Waals surface area contributed by atoms with Gasteiger partial charge in [-0.3, -0.25) is 4.79 Å². The fourth-order valence-corrected chi connectivity index (χ4v) is 4.88. The molecule has 0 spiro atoms. The van der Waals surface area contributed by atoms with Gasteiger partial charge in [0.25, 0.3) is 0 Å². The highest BCUT2D eigenvalue weighted by Gasteiger charge is 2.36. The van der Waals surface area contributed by atoms with Crippen molar-refractivity contribution in [3.63, 3.8) is 0 Å². The highest BCUT2D eigenvalue weighted by molar-refractivity contribution is 5.98. The molecule has 1 saturated heterocycles. The van der Waals surface area contributed by atoms with Gasteiger partial charge in [0.2, 0.25) is 5.91 Å². The molecule has 0 bridgehead atoms. The van der Waals surface area contributed by atoms with Crippen LogP contribution >= 0.6 is 0 Å². The quantitative estimate of drug-likeness (QED) is 0.668. The lowest BCUT2D eigenvalue weighted by molar-refractivity contribution is -0.118. The van der Waals surface area contributed by atoms with Crippen molar-refractivity contribution in [2.75, 3.05) is 32.9 Å².